The van der Waals surface area contributed by atoms with Crippen LogP contribution in [0.25, 0.3) is 11.0 Å². The second kappa shape index (κ2) is 7.37. The summed E-state index contributed by atoms with van der Waals surface area (Å²) in [7, 11) is -3.52. The maximum atomic E-state index is 12.9. The predicted octanol–water partition coefficient (Wildman–Crippen LogP) is 3.47. The normalized spacial score (nSPS) is 17.8. The molecule has 0 amide bonds. The van der Waals surface area contributed by atoms with Crippen LogP contribution in [0.15, 0.2) is 29.0 Å². The zero-order valence-corrected chi connectivity index (χ0v) is 17.0. The van der Waals surface area contributed by atoms with Crippen molar-refractivity contribution >= 4 is 26.8 Å². The molecule has 1 saturated carbocycles. The molecule has 3 aromatic rings. The molecule has 154 valence electrons. The van der Waals surface area contributed by atoms with Gasteiger partial charge in [-0.3, -0.25) is 9.40 Å². The summed E-state index contributed by atoms with van der Waals surface area (Å²) in [6.45, 7) is 1.19. The largest absolute Gasteiger partial charge is 0.492 e. The highest BCUT2D eigenvalue weighted by Gasteiger charge is 2.31. The van der Waals surface area contributed by atoms with Crippen molar-refractivity contribution in [2.24, 2.45) is 0 Å². The second-order valence-corrected chi connectivity index (χ2v) is 9.77. The van der Waals surface area contributed by atoms with Gasteiger partial charge in [0, 0.05) is 18.0 Å². The molecule has 0 radical (unpaired) electrons. The van der Waals surface area contributed by atoms with E-state index in [1.165, 1.54) is 0 Å². The monoisotopic (exact) mass is 416 g/mol. The Morgan fingerprint density at radius 3 is 2.86 bits per heavy atom. The predicted molar refractivity (Wildman–Crippen MR) is 109 cm³/mol. The van der Waals surface area contributed by atoms with Crippen molar-refractivity contribution in [2.45, 2.75) is 56.7 Å². The molecular weight excluding hydrogens is 392 g/mol. The lowest BCUT2D eigenvalue weighted by Gasteiger charge is -2.23. The summed E-state index contributed by atoms with van der Waals surface area (Å²) < 4.78 is 41.9. The number of hydrogen-bond donors (Lipinski definition) is 1. The molecule has 29 heavy (non-hydrogen) atoms. The summed E-state index contributed by atoms with van der Waals surface area (Å²) in [6, 6.07) is 3.81. The van der Waals surface area contributed by atoms with Crippen LogP contribution in [0.3, 0.4) is 0 Å². The average Bonchev–Trinajstić information content (AvgIpc) is 3.39. The number of sulfonamides is 1. The van der Waals surface area contributed by atoms with Crippen LogP contribution in [0.1, 0.15) is 49.7 Å². The number of fused-ring (bicyclic) bond motifs is 3. The van der Waals surface area contributed by atoms with Gasteiger partial charge < -0.3 is 9.26 Å². The Morgan fingerprint density at radius 1 is 1.21 bits per heavy atom. The first kappa shape index (κ1) is 18.5. The highest BCUT2D eigenvalue weighted by atomic mass is 32.2. The number of ether oxygens (including phenoxy) is 1. The van der Waals surface area contributed by atoms with Crippen molar-refractivity contribution < 1.29 is 17.7 Å². The van der Waals surface area contributed by atoms with Crippen LogP contribution in [-0.4, -0.2) is 35.2 Å². The standard InChI is InChI=1S/C20H24N4O4S/c25-29(26,15-6-2-1-3-7-15)23-20-18-17(28-22-20)12-14(13-24-10-5-9-21-24)16-8-4-11-27-19(16)18/h5,9-10,12,15H,1-4,6-8,11,13H2,(H,22,23). The van der Waals surface area contributed by atoms with E-state index in [0.29, 0.717) is 42.7 Å². The number of rotatable bonds is 5. The van der Waals surface area contributed by atoms with Gasteiger partial charge in [0.15, 0.2) is 11.4 Å². The average molecular weight is 417 g/mol. The van der Waals surface area contributed by atoms with E-state index in [4.69, 9.17) is 9.26 Å². The minimum Gasteiger partial charge on any atom is -0.492 e. The van der Waals surface area contributed by atoms with Gasteiger partial charge in [-0.05, 0) is 43.4 Å². The SMILES string of the molecule is O=S(=O)(Nc1noc2cc(Cn3cccn3)c3c(c12)OCCC3)C1CCCCC1. The van der Waals surface area contributed by atoms with Crippen molar-refractivity contribution in [3.63, 3.8) is 0 Å². The molecule has 0 atom stereocenters. The minimum atomic E-state index is -3.52. The molecule has 0 spiro atoms. The summed E-state index contributed by atoms with van der Waals surface area (Å²) in [5.41, 5.74) is 2.64. The van der Waals surface area contributed by atoms with Crippen molar-refractivity contribution in [1.29, 1.82) is 0 Å². The fourth-order valence-electron chi connectivity index (χ4n) is 4.39. The molecule has 2 aliphatic rings. The van der Waals surface area contributed by atoms with Crippen LogP contribution < -0.4 is 9.46 Å². The van der Waals surface area contributed by atoms with Crippen molar-refractivity contribution in [3.05, 3.63) is 35.7 Å². The molecule has 0 unspecified atom stereocenters. The number of benzene rings is 1. The summed E-state index contributed by atoms with van der Waals surface area (Å²) in [6.07, 6.45) is 9.79. The van der Waals surface area contributed by atoms with Crippen LogP contribution in [0.4, 0.5) is 5.82 Å². The van der Waals surface area contributed by atoms with E-state index >= 15 is 0 Å². The van der Waals surface area contributed by atoms with Gasteiger partial charge in [0.25, 0.3) is 0 Å². The summed E-state index contributed by atoms with van der Waals surface area (Å²) in [5, 5.41) is 8.58. The fourth-order valence-corrected chi connectivity index (χ4v) is 5.92. The van der Waals surface area contributed by atoms with Crippen LogP contribution in [-0.2, 0) is 23.0 Å². The maximum Gasteiger partial charge on any atom is 0.236 e. The molecule has 0 bridgehead atoms. The third kappa shape index (κ3) is 3.48. The highest BCUT2D eigenvalue weighted by Crippen LogP contribution is 2.41. The lowest BCUT2D eigenvalue weighted by Crippen LogP contribution is -2.29. The minimum absolute atomic E-state index is 0.231. The van der Waals surface area contributed by atoms with Gasteiger partial charge in [-0.25, -0.2) is 8.42 Å². The van der Waals surface area contributed by atoms with E-state index < -0.39 is 10.0 Å². The third-order valence-corrected chi connectivity index (χ3v) is 7.68. The Kier molecular flexibility index (Phi) is 4.69. The van der Waals surface area contributed by atoms with Gasteiger partial charge in [-0.2, -0.15) is 5.10 Å². The van der Waals surface area contributed by atoms with Gasteiger partial charge in [0.05, 0.1) is 18.4 Å². The molecule has 5 rings (SSSR count). The first-order chi connectivity index (χ1) is 14.1. The van der Waals surface area contributed by atoms with Crippen molar-refractivity contribution in [3.8, 4) is 5.75 Å². The van der Waals surface area contributed by atoms with Gasteiger partial charge >= 0.3 is 0 Å². The Morgan fingerprint density at radius 2 is 2.07 bits per heavy atom. The van der Waals surface area contributed by atoms with E-state index in [1.54, 1.807) is 6.20 Å². The third-order valence-electron chi connectivity index (χ3n) is 5.85. The van der Waals surface area contributed by atoms with Crippen LogP contribution >= 0.6 is 0 Å². The van der Waals surface area contributed by atoms with Gasteiger partial charge in [-0.15, -0.1) is 0 Å². The fraction of sp³-hybridized carbons (Fsp3) is 0.500. The van der Waals surface area contributed by atoms with Gasteiger partial charge in [0.1, 0.15) is 11.1 Å². The quantitative estimate of drug-likeness (QED) is 0.684. The first-order valence-electron chi connectivity index (χ1n) is 10.2. The Balaban J connectivity index is 1.54. The first-order valence-corrected chi connectivity index (χ1v) is 11.7. The Bertz CT molecular complexity index is 1120. The molecular formula is C20H24N4O4S. The van der Waals surface area contributed by atoms with Crippen LogP contribution in [0.5, 0.6) is 5.75 Å². The molecule has 9 heteroatoms. The summed E-state index contributed by atoms with van der Waals surface area (Å²) in [5.74, 6) is 0.910. The van der Waals surface area contributed by atoms with Crippen molar-refractivity contribution in [2.75, 3.05) is 11.3 Å². The zero-order chi connectivity index (χ0) is 19.8. The van der Waals surface area contributed by atoms with Gasteiger partial charge in [-0.1, -0.05) is 24.4 Å². The lowest BCUT2D eigenvalue weighted by atomic mass is 9.97. The van der Waals surface area contributed by atoms with E-state index in [-0.39, 0.29) is 11.1 Å². The van der Waals surface area contributed by atoms with E-state index in [2.05, 4.69) is 15.0 Å². The highest BCUT2D eigenvalue weighted by molar-refractivity contribution is 7.93. The molecule has 8 nitrogen and oxygen atoms in total. The van der Waals surface area contributed by atoms with Crippen LogP contribution in [0.2, 0.25) is 0 Å². The molecule has 1 fully saturated rings. The topological polar surface area (TPSA) is 99.2 Å². The zero-order valence-electron chi connectivity index (χ0n) is 16.1. The number of aromatic nitrogens is 3. The van der Waals surface area contributed by atoms with E-state index in [1.807, 2.05) is 23.0 Å². The second-order valence-electron chi connectivity index (χ2n) is 7.81. The van der Waals surface area contributed by atoms with Gasteiger partial charge in [0.2, 0.25) is 10.0 Å². The number of hydrogen-bond acceptors (Lipinski definition) is 6. The maximum absolute atomic E-state index is 12.9. The molecule has 1 aromatic carbocycles. The number of anilines is 1. The summed E-state index contributed by atoms with van der Waals surface area (Å²) >= 11 is 0. The molecule has 1 aliphatic heterocycles. The molecule has 2 aromatic heterocycles. The Labute approximate surface area is 169 Å². The smallest absolute Gasteiger partial charge is 0.236 e. The van der Waals surface area contributed by atoms with E-state index in [0.717, 1.165) is 43.2 Å². The van der Waals surface area contributed by atoms with Crippen LogP contribution in [0, 0.1) is 0 Å². The summed E-state index contributed by atoms with van der Waals surface area (Å²) in [4.78, 5) is 0. The molecule has 1 N–H and O–H groups in total. The number of nitrogens with zero attached hydrogens (tertiary/aromatic N) is 3. The molecule has 1 aliphatic carbocycles. The lowest BCUT2D eigenvalue weighted by molar-refractivity contribution is 0.291. The molecule has 0 saturated heterocycles. The molecule has 3 heterocycles. The Hall–Kier alpha value is -2.55. The van der Waals surface area contributed by atoms with E-state index in [9.17, 15) is 8.42 Å². The number of nitrogens with one attached hydrogen (secondary N) is 1. The van der Waals surface area contributed by atoms with Crippen molar-refractivity contribution in [1.82, 2.24) is 14.9 Å².